The number of rotatable bonds is 7. The third kappa shape index (κ3) is 4.42. The zero-order chi connectivity index (χ0) is 16.6. The Morgan fingerprint density at radius 3 is 2.88 bits per heavy atom. The highest BCUT2D eigenvalue weighted by molar-refractivity contribution is 7.99. The lowest BCUT2D eigenvalue weighted by Crippen LogP contribution is -2.25. The summed E-state index contributed by atoms with van der Waals surface area (Å²) in [4.78, 5) is 20.4. The molecule has 0 aliphatic heterocycles. The van der Waals surface area contributed by atoms with Crippen molar-refractivity contribution in [3.05, 3.63) is 72.4 Å². The Bertz CT molecular complexity index is 777. The number of amides is 1. The number of thioether (sulfide) groups is 1. The smallest absolute Gasteiger partial charge is 0.230 e. The van der Waals surface area contributed by atoms with Crippen molar-refractivity contribution in [2.75, 3.05) is 5.75 Å². The van der Waals surface area contributed by atoms with Gasteiger partial charge in [0.05, 0.1) is 5.75 Å². The lowest BCUT2D eigenvalue weighted by molar-refractivity contribution is -0.118. The third-order valence-electron chi connectivity index (χ3n) is 3.29. The van der Waals surface area contributed by atoms with Crippen LogP contribution in [0.2, 0.25) is 0 Å². The van der Waals surface area contributed by atoms with Gasteiger partial charge in [0.1, 0.15) is 0 Å². The molecule has 0 saturated carbocycles. The molecule has 0 aliphatic rings. The Morgan fingerprint density at radius 2 is 2.08 bits per heavy atom. The van der Waals surface area contributed by atoms with Crippen LogP contribution in [-0.2, 0) is 17.1 Å². The van der Waals surface area contributed by atoms with Gasteiger partial charge in [-0.2, -0.15) is 5.10 Å². The van der Waals surface area contributed by atoms with E-state index in [2.05, 4.69) is 20.4 Å². The molecule has 3 aromatic heterocycles. The van der Waals surface area contributed by atoms with Gasteiger partial charge in [0.15, 0.2) is 5.82 Å². The SMILES string of the molecule is O=C(CSCc1cccnc1)NCc1cccnc1-n1cccn1. The van der Waals surface area contributed by atoms with Gasteiger partial charge in [-0.15, -0.1) is 11.8 Å². The first-order valence-corrected chi connectivity index (χ1v) is 8.65. The van der Waals surface area contributed by atoms with Crippen molar-refractivity contribution in [3.63, 3.8) is 0 Å². The van der Waals surface area contributed by atoms with Crippen molar-refractivity contribution in [1.29, 1.82) is 0 Å². The van der Waals surface area contributed by atoms with E-state index >= 15 is 0 Å². The molecule has 3 aromatic rings. The van der Waals surface area contributed by atoms with E-state index in [9.17, 15) is 4.79 Å². The molecular formula is C17H17N5OS. The molecule has 3 rings (SSSR count). The summed E-state index contributed by atoms with van der Waals surface area (Å²) in [5, 5.41) is 7.12. The summed E-state index contributed by atoms with van der Waals surface area (Å²) in [5.41, 5.74) is 2.04. The van der Waals surface area contributed by atoms with Gasteiger partial charge >= 0.3 is 0 Å². The maximum absolute atomic E-state index is 12.0. The fourth-order valence-corrected chi connectivity index (χ4v) is 2.95. The quantitative estimate of drug-likeness (QED) is 0.714. The van der Waals surface area contributed by atoms with Crippen LogP contribution in [-0.4, -0.2) is 31.4 Å². The van der Waals surface area contributed by atoms with Crippen LogP contribution in [0, 0.1) is 0 Å². The highest BCUT2D eigenvalue weighted by Crippen LogP contribution is 2.12. The van der Waals surface area contributed by atoms with Crippen LogP contribution in [0.1, 0.15) is 11.1 Å². The third-order valence-corrected chi connectivity index (χ3v) is 4.29. The van der Waals surface area contributed by atoms with E-state index in [0.29, 0.717) is 12.3 Å². The summed E-state index contributed by atoms with van der Waals surface area (Å²) in [5.74, 6) is 1.91. The molecule has 0 aliphatic carbocycles. The van der Waals surface area contributed by atoms with Gasteiger partial charge < -0.3 is 5.32 Å². The number of aromatic nitrogens is 4. The summed E-state index contributed by atoms with van der Waals surface area (Å²) in [6, 6.07) is 9.53. The van der Waals surface area contributed by atoms with E-state index in [0.717, 1.165) is 22.7 Å². The molecule has 3 heterocycles. The van der Waals surface area contributed by atoms with Crippen LogP contribution >= 0.6 is 11.8 Å². The summed E-state index contributed by atoms with van der Waals surface area (Å²) in [6.45, 7) is 0.426. The molecule has 24 heavy (non-hydrogen) atoms. The fraction of sp³-hybridized carbons (Fsp3) is 0.176. The topological polar surface area (TPSA) is 72.7 Å². The van der Waals surface area contributed by atoms with Gasteiger partial charge in [-0.05, 0) is 23.8 Å². The van der Waals surface area contributed by atoms with E-state index in [1.807, 2.05) is 42.7 Å². The van der Waals surface area contributed by atoms with Gasteiger partial charge in [0.25, 0.3) is 0 Å². The standard InChI is InChI=1S/C17H17N5OS/c23-16(13-24-12-14-4-1-6-18-10-14)20-11-15-5-2-7-19-17(15)22-9-3-8-21-22/h1-10H,11-13H2,(H,20,23). The summed E-state index contributed by atoms with van der Waals surface area (Å²) < 4.78 is 1.69. The number of hydrogen-bond acceptors (Lipinski definition) is 5. The summed E-state index contributed by atoms with van der Waals surface area (Å²) in [6.07, 6.45) is 8.80. The van der Waals surface area contributed by atoms with Crippen molar-refractivity contribution >= 4 is 17.7 Å². The fourth-order valence-electron chi connectivity index (χ4n) is 2.16. The van der Waals surface area contributed by atoms with E-state index in [1.54, 1.807) is 35.0 Å². The largest absolute Gasteiger partial charge is 0.351 e. The van der Waals surface area contributed by atoms with Crippen molar-refractivity contribution in [3.8, 4) is 5.82 Å². The maximum Gasteiger partial charge on any atom is 0.230 e. The molecule has 0 spiro atoms. The molecule has 1 N–H and O–H groups in total. The first-order chi connectivity index (χ1) is 11.8. The molecule has 122 valence electrons. The molecule has 7 heteroatoms. The second-order valence-corrected chi connectivity index (χ2v) is 6.05. The summed E-state index contributed by atoms with van der Waals surface area (Å²) in [7, 11) is 0. The van der Waals surface area contributed by atoms with Gasteiger partial charge in [-0.25, -0.2) is 9.67 Å². The van der Waals surface area contributed by atoms with Crippen LogP contribution in [0.15, 0.2) is 61.3 Å². The molecular weight excluding hydrogens is 322 g/mol. The van der Waals surface area contributed by atoms with Crippen molar-refractivity contribution in [1.82, 2.24) is 25.1 Å². The molecule has 0 aromatic carbocycles. The van der Waals surface area contributed by atoms with Crippen LogP contribution < -0.4 is 5.32 Å². The van der Waals surface area contributed by atoms with Gasteiger partial charge in [0.2, 0.25) is 5.91 Å². The predicted molar refractivity (Wildman–Crippen MR) is 93.6 cm³/mol. The number of nitrogens with one attached hydrogen (secondary N) is 1. The number of carbonyl (C=O) groups excluding carboxylic acids is 1. The monoisotopic (exact) mass is 339 g/mol. The van der Waals surface area contributed by atoms with Crippen LogP contribution in [0.5, 0.6) is 0 Å². The summed E-state index contributed by atoms with van der Waals surface area (Å²) >= 11 is 1.57. The first-order valence-electron chi connectivity index (χ1n) is 7.50. The second-order valence-electron chi connectivity index (χ2n) is 5.07. The Kier molecular flexibility index (Phi) is 5.57. The van der Waals surface area contributed by atoms with Crippen LogP contribution in [0.25, 0.3) is 5.82 Å². The molecule has 0 bridgehead atoms. The first kappa shape index (κ1) is 16.2. The average Bonchev–Trinajstić information content (AvgIpc) is 3.16. The Morgan fingerprint density at radius 1 is 1.17 bits per heavy atom. The average molecular weight is 339 g/mol. The minimum absolute atomic E-state index is 0.000779. The minimum Gasteiger partial charge on any atom is -0.351 e. The number of carbonyl (C=O) groups is 1. The highest BCUT2D eigenvalue weighted by Gasteiger charge is 2.08. The van der Waals surface area contributed by atoms with Crippen LogP contribution in [0.4, 0.5) is 0 Å². The van der Waals surface area contributed by atoms with Crippen molar-refractivity contribution < 1.29 is 4.79 Å². The molecule has 0 saturated heterocycles. The zero-order valence-corrected chi connectivity index (χ0v) is 13.8. The van der Waals surface area contributed by atoms with E-state index < -0.39 is 0 Å². The maximum atomic E-state index is 12.0. The number of hydrogen-bond donors (Lipinski definition) is 1. The lowest BCUT2D eigenvalue weighted by Gasteiger charge is -2.09. The molecule has 1 amide bonds. The number of nitrogens with zero attached hydrogens (tertiary/aromatic N) is 4. The van der Waals surface area contributed by atoms with Gasteiger partial charge in [-0.1, -0.05) is 12.1 Å². The molecule has 0 unspecified atom stereocenters. The second kappa shape index (κ2) is 8.26. The van der Waals surface area contributed by atoms with E-state index in [1.165, 1.54) is 0 Å². The number of pyridine rings is 2. The molecule has 6 nitrogen and oxygen atoms in total. The normalized spacial score (nSPS) is 10.5. The van der Waals surface area contributed by atoms with E-state index in [-0.39, 0.29) is 5.91 Å². The van der Waals surface area contributed by atoms with Gasteiger partial charge in [0, 0.05) is 48.8 Å². The zero-order valence-electron chi connectivity index (χ0n) is 13.0. The molecule has 0 radical (unpaired) electrons. The highest BCUT2D eigenvalue weighted by atomic mass is 32.2. The van der Waals surface area contributed by atoms with Crippen molar-refractivity contribution in [2.45, 2.75) is 12.3 Å². The molecule has 0 atom stereocenters. The Balaban J connectivity index is 1.50. The Labute approximate surface area is 144 Å². The minimum atomic E-state index is -0.000779. The molecule has 0 fully saturated rings. The van der Waals surface area contributed by atoms with Crippen LogP contribution in [0.3, 0.4) is 0 Å². The predicted octanol–water partition coefficient (Wildman–Crippen LogP) is 2.21. The van der Waals surface area contributed by atoms with Gasteiger partial charge in [-0.3, -0.25) is 9.78 Å². The van der Waals surface area contributed by atoms with Crippen molar-refractivity contribution in [2.24, 2.45) is 0 Å². The Hall–Kier alpha value is -2.67. The lowest BCUT2D eigenvalue weighted by atomic mass is 10.2. The van der Waals surface area contributed by atoms with E-state index in [4.69, 9.17) is 0 Å².